The van der Waals surface area contributed by atoms with Gasteiger partial charge in [0.2, 0.25) is 0 Å². The fourth-order valence-corrected chi connectivity index (χ4v) is 3.41. The molecule has 3 aromatic rings. The van der Waals surface area contributed by atoms with Crippen LogP contribution in [0.25, 0.3) is 0 Å². The number of nitrogens with one attached hydrogen (secondary N) is 2. The predicted molar refractivity (Wildman–Crippen MR) is 110 cm³/mol. The second kappa shape index (κ2) is 9.79. The second-order valence-corrected chi connectivity index (χ2v) is 7.02. The van der Waals surface area contributed by atoms with Crippen molar-refractivity contribution in [3.8, 4) is 11.5 Å². The van der Waals surface area contributed by atoms with Crippen molar-refractivity contribution in [2.24, 2.45) is 0 Å². The molecule has 2 aromatic heterocycles. The summed E-state index contributed by atoms with van der Waals surface area (Å²) >= 11 is 1.34. The average Bonchev–Trinajstić information content (AvgIpc) is 3.20. The lowest BCUT2D eigenvalue weighted by Crippen LogP contribution is -2.41. The van der Waals surface area contributed by atoms with Gasteiger partial charge in [-0.2, -0.15) is 0 Å². The van der Waals surface area contributed by atoms with Crippen LogP contribution >= 0.6 is 11.8 Å². The number of aromatic nitrogens is 2. The molecule has 0 atom stereocenters. The van der Waals surface area contributed by atoms with Gasteiger partial charge in [0.15, 0.2) is 11.5 Å². The van der Waals surface area contributed by atoms with Gasteiger partial charge in [0.25, 0.3) is 11.8 Å². The predicted octanol–water partition coefficient (Wildman–Crippen LogP) is 2.76. The number of nitrogens with zero attached hydrogens (tertiary/aromatic N) is 2. The number of benzene rings is 1. The van der Waals surface area contributed by atoms with Gasteiger partial charge in [-0.3, -0.25) is 20.4 Å². The fourth-order valence-electron chi connectivity index (χ4n) is 2.54. The molecule has 0 unspecified atom stereocenters. The molecule has 0 radical (unpaired) electrons. The number of aryl methyl sites for hydroxylation is 1. The van der Waals surface area contributed by atoms with Crippen LogP contribution in [0.3, 0.4) is 0 Å². The molecule has 9 nitrogen and oxygen atoms in total. The Balaban J connectivity index is 1.64. The summed E-state index contributed by atoms with van der Waals surface area (Å²) in [5.41, 5.74) is 6.18. The fraction of sp³-hybridized carbons (Fsp3) is 0.200. The topological polar surface area (TPSA) is 116 Å². The first-order valence-electron chi connectivity index (χ1n) is 8.84. The van der Waals surface area contributed by atoms with Crippen LogP contribution in [-0.2, 0) is 5.75 Å². The quantitative estimate of drug-likeness (QED) is 0.436. The number of amides is 2. The molecule has 10 heteroatoms. The maximum absolute atomic E-state index is 12.6. The Bertz CT molecular complexity index is 1050. The molecular formula is C20H20N4O5S. The Kier molecular flexibility index (Phi) is 6.91. The minimum Gasteiger partial charge on any atom is -0.493 e. The van der Waals surface area contributed by atoms with E-state index in [1.54, 1.807) is 30.5 Å². The molecule has 0 aliphatic heterocycles. The Labute approximate surface area is 177 Å². The monoisotopic (exact) mass is 428 g/mol. The molecule has 0 aliphatic carbocycles. The molecule has 0 bridgehead atoms. The normalized spacial score (nSPS) is 10.4. The maximum Gasteiger partial charge on any atom is 0.272 e. The van der Waals surface area contributed by atoms with Gasteiger partial charge in [0.05, 0.1) is 25.5 Å². The molecule has 2 N–H and O–H groups in total. The summed E-state index contributed by atoms with van der Waals surface area (Å²) in [5.74, 6) is 1.12. The lowest BCUT2D eigenvalue weighted by molar-refractivity contribution is 0.0844. The van der Waals surface area contributed by atoms with Gasteiger partial charge in [0.1, 0.15) is 10.8 Å². The van der Waals surface area contributed by atoms with Gasteiger partial charge in [-0.25, -0.2) is 4.98 Å². The summed E-state index contributed by atoms with van der Waals surface area (Å²) in [7, 11) is 2.98. The Morgan fingerprint density at radius 3 is 2.53 bits per heavy atom. The van der Waals surface area contributed by atoms with Crippen LogP contribution in [0, 0.1) is 6.92 Å². The second-order valence-electron chi connectivity index (χ2n) is 6.05. The summed E-state index contributed by atoms with van der Waals surface area (Å²) < 4.78 is 15.4. The zero-order valence-corrected chi connectivity index (χ0v) is 17.4. The standard InChI is InChI=1S/C20H20N4O5S/c1-12-9-14(24-29-12)11-30-20-15(5-4-8-21-20)19(26)23-22-18(25)13-6-7-16(27-2)17(10-13)28-3/h4-10H,11H2,1-3H3,(H,22,25)(H,23,26). The Morgan fingerprint density at radius 1 is 1.07 bits per heavy atom. The van der Waals surface area contributed by atoms with Crippen molar-refractivity contribution < 1.29 is 23.6 Å². The summed E-state index contributed by atoms with van der Waals surface area (Å²) in [6, 6.07) is 9.78. The van der Waals surface area contributed by atoms with Crippen molar-refractivity contribution in [2.75, 3.05) is 14.2 Å². The van der Waals surface area contributed by atoms with Crippen LogP contribution in [0.15, 0.2) is 52.1 Å². The maximum atomic E-state index is 12.6. The number of carbonyl (C=O) groups is 2. The number of thioether (sulfide) groups is 1. The molecule has 0 saturated carbocycles. The lowest BCUT2D eigenvalue weighted by atomic mass is 10.2. The molecule has 156 valence electrons. The highest BCUT2D eigenvalue weighted by Crippen LogP contribution is 2.27. The zero-order chi connectivity index (χ0) is 21.5. The Morgan fingerprint density at radius 2 is 1.83 bits per heavy atom. The van der Waals surface area contributed by atoms with Crippen molar-refractivity contribution >= 4 is 23.6 Å². The highest BCUT2D eigenvalue weighted by atomic mass is 32.2. The third-order valence-electron chi connectivity index (χ3n) is 3.98. The van der Waals surface area contributed by atoms with E-state index in [0.717, 1.165) is 5.69 Å². The van der Waals surface area contributed by atoms with E-state index in [-0.39, 0.29) is 0 Å². The SMILES string of the molecule is COc1ccc(C(=O)NNC(=O)c2cccnc2SCc2cc(C)on2)cc1OC. The first-order chi connectivity index (χ1) is 14.5. The molecule has 0 aliphatic rings. The number of hydrogen-bond donors (Lipinski definition) is 2. The van der Waals surface area contributed by atoms with E-state index < -0.39 is 11.8 Å². The van der Waals surface area contributed by atoms with Gasteiger partial charge in [-0.1, -0.05) is 16.9 Å². The van der Waals surface area contributed by atoms with Crippen molar-refractivity contribution in [1.29, 1.82) is 0 Å². The first kappa shape index (κ1) is 21.2. The Hall–Kier alpha value is -3.53. The molecule has 0 fully saturated rings. The average molecular weight is 428 g/mol. The first-order valence-corrected chi connectivity index (χ1v) is 9.83. The minimum atomic E-state index is -0.500. The van der Waals surface area contributed by atoms with Gasteiger partial charge in [-0.05, 0) is 37.3 Å². The van der Waals surface area contributed by atoms with Crippen molar-refractivity contribution in [1.82, 2.24) is 21.0 Å². The number of pyridine rings is 1. The summed E-state index contributed by atoms with van der Waals surface area (Å²) in [6.07, 6.45) is 1.59. The van der Waals surface area contributed by atoms with Crippen LogP contribution in [0.5, 0.6) is 11.5 Å². The smallest absolute Gasteiger partial charge is 0.272 e. The van der Waals surface area contributed by atoms with Crippen molar-refractivity contribution in [3.05, 3.63) is 65.2 Å². The third kappa shape index (κ3) is 5.09. The van der Waals surface area contributed by atoms with Crippen LogP contribution < -0.4 is 20.3 Å². The van der Waals surface area contributed by atoms with E-state index >= 15 is 0 Å². The largest absolute Gasteiger partial charge is 0.493 e. The van der Waals surface area contributed by atoms with Crippen molar-refractivity contribution in [3.63, 3.8) is 0 Å². The van der Waals surface area contributed by atoms with Gasteiger partial charge >= 0.3 is 0 Å². The molecule has 1 aromatic carbocycles. The van der Waals surface area contributed by atoms with E-state index in [4.69, 9.17) is 14.0 Å². The molecular weight excluding hydrogens is 408 g/mol. The highest BCUT2D eigenvalue weighted by molar-refractivity contribution is 7.98. The summed E-state index contributed by atoms with van der Waals surface area (Å²) in [6.45, 7) is 1.81. The minimum absolute atomic E-state index is 0.301. The van der Waals surface area contributed by atoms with E-state index in [0.29, 0.717) is 39.2 Å². The van der Waals surface area contributed by atoms with Crippen LogP contribution in [0.1, 0.15) is 32.2 Å². The number of hydrazine groups is 1. The van der Waals surface area contributed by atoms with Gasteiger partial charge in [-0.15, -0.1) is 0 Å². The van der Waals surface area contributed by atoms with Crippen LogP contribution in [0.4, 0.5) is 0 Å². The zero-order valence-electron chi connectivity index (χ0n) is 16.6. The van der Waals surface area contributed by atoms with Crippen LogP contribution in [-0.4, -0.2) is 36.2 Å². The summed E-state index contributed by atoms with van der Waals surface area (Å²) in [4.78, 5) is 29.2. The van der Waals surface area contributed by atoms with E-state index in [9.17, 15) is 9.59 Å². The molecule has 2 heterocycles. The molecule has 0 spiro atoms. The molecule has 0 saturated heterocycles. The lowest BCUT2D eigenvalue weighted by Gasteiger charge is -2.11. The molecule has 30 heavy (non-hydrogen) atoms. The van der Waals surface area contributed by atoms with E-state index in [1.807, 2.05) is 13.0 Å². The number of hydrogen-bond acceptors (Lipinski definition) is 8. The number of ether oxygens (including phenoxy) is 2. The number of methoxy groups -OCH3 is 2. The van der Waals surface area contributed by atoms with Gasteiger partial charge < -0.3 is 14.0 Å². The molecule has 2 amide bonds. The van der Waals surface area contributed by atoms with E-state index in [2.05, 4.69) is 21.0 Å². The van der Waals surface area contributed by atoms with E-state index in [1.165, 1.54) is 32.0 Å². The van der Waals surface area contributed by atoms with Crippen molar-refractivity contribution in [2.45, 2.75) is 17.7 Å². The third-order valence-corrected chi connectivity index (χ3v) is 5.02. The number of rotatable bonds is 7. The molecule has 3 rings (SSSR count). The summed E-state index contributed by atoms with van der Waals surface area (Å²) in [5, 5.41) is 4.43. The highest BCUT2D eigenvalue weighted by Gasteiger charge is 2.16. The van der Waals surface area contributed by atoms with Gasteiger partial charge in [0, 0.05) is 23.6 Å². The van der Waals surface area contributed by atoms with Crippen LogP contribution in [0.2, 0.25) is 0 Å². The number of carbonyl (C=O) groups excluding carboxylic acids is 2.